The van der Waals surface area contributed by atoms with E-state index in [4.69, 9.17) is 0 Å². The van der Waals surface area contributed by atoms with Gasteiger partial charge in [-0.25, -0.2) is 4.98 Å². The number of pyridine rings is 1. The summed E-state index contributed by atoms with van der Waals surface area (Å²) < 4.78 is 0. The molecule has 0 aliphatic carbocycles. The van der Waals surface area contributed by atoms with Crippen molar-refractivity contribution < 1.29 is 0 Å². The van der Waals surface area contributed by atoms with Crippen LogP contribution in [0.3, 0.4) is 0 Å². The van der Waals surface area contributed by atoms with Gasteiger partial charge in [0.15, 0.2) is 0 Å². The van der Waals surface area contributed by atoms with Crippen molar-refractivity contribution in [3.05, 3.63) is 52.5 Å². The number of nitrogens with zero attached hydrogens (tertiary/aromatic N) is 1. The third-order valence-corrected chi connectivity index (χ3v) is 2.04. The van der Waals surface area contributed by atoms with E-state index >= 15 is 0 Å². The topological polar surface area (TPSA) is 73.6 Å². The monoisotopic (exact) mass is 240 g/mol. The molecule has 16 heavy (non-hydrogen) atoms. The highest BCUT2D eigenvalue weighted by atomic mass is 35.5. The first-order valence-electron chi connectivity index (χ1n) is 4.70. The predicted octanol–water partition coefficient (Wildman–Crippen LogP) is 0.810. The number of hydrogen-bond donors (Lipinski definition) is 3. The lowest BCUT2D eigenvalue weighted by Gasteiger charge is -2.02. The van der Waals surface area contributed by atoms with E-state index in [0.29, 0.717) is 13.1 Å². The molecule has 5 nitrogen and oxygen atoms in total. The summed E-state index contributed by atoms with van der Waals surface area (Å²) in [5.74, 6) is 0. The van der Waals surface area contributed by atoms with Crippen LogP contribution in [-0.4, -0.2) is 15.0 Å². The van der Waals surface area contributed by atoms with Crippen molar-refractivity contribution in [2.75, 3.05) is 0 Å². The van der Waals surface area contributed by atoms with Crippen molar-refractivity contribution in [2.24, 2.45) is 0 Å². The van der Waals surface area contributed by atoms with E-state index in [1.54, 1.807) is 24.8 Å². The second-order valence-electron chi connectivity index (χ2n) is 3.24. The van der Waals surface area contributed by atoms with E-state index in [1.165, 1.54) is 0 Å². The molecule has 2 aromatic rings. The average molecular weight is 241 g/mol. The van der Waals surface area contributed by atoms with Gasteiger partial charge >= 0.3 is 0 Å². The molecule has 0 amide bonds. The number of H-pyrrole nitrogens is 2. The van der Waals surface area contributed by atoms with Gasteiger partial charge in [-0.15, -0.1) is 12.4 Å². The van der Waals surface area contributed by atoms with E-state index in [0.717, 1.165) is 11.3 Å². The molecule has 0 aliphatic heterocycles. The lowest BCUT2D eigenvalue weighted by Crippen LogP contribution is -2.15. The van der Waals surface area contributed by atoms with Gasteiger partial charge in [0.05, 0.1) is 6.33 Å². The van der Waals surface area contributed by atoms with Gasteiger partial charge in [0.2, 0.25) is 5.56 Å². The fraction of sp³-hybridized carbons (Fsp3) is 0.200. The molecule has 2 heterocycles. The maximum absolute atomic E-state index is 11.0. The van der Waals surface area contributed by atoms with Crippen LogP contribution in [0.1, 0.15) is 11.3 Å². The van der Waals surface area contributed by atoms with E-state index in [9.17, 15) is 4.79 Å². The van der Waals surface area contributed by atoms with Gasteiger partial charge < -0.3 is 15.3 Å². The molecule has 0 bridgehead atoms. The fourth-order valence-electron chi connectivity index (χ4n) is 1.32. The Kier molecular flexibility index (Phi) is 4.75. The molecule has 0 atom stereocenters. The molecule has 0 fully saturated rings. The smallest absolute Gasteiger partial charge is 0.248 e. The van der Waals surface area contributed by atoms with Crippen molar-refractivity contribution >= 4 is 12.4 Å². The number of nitrogens with one attached hydrogen (secondary N) is 3. The van der Waals surface area contributed by atoms with Crippen LogP contribution in [0.4, 0.5) is 0 Å². The Balaban J connectivity index is 0.00000128. The third-order valence-electron chi connectivity index (χ3n) is 2.04. The first-order chi connectivity index (χ1) is 7.34. The van der Waals surface area contributed by atoms with Crippen molar-refractivity contribution in [1.29, 1.82) is 0 Å². The summed E-state index contributed by atoms with van der Waals surface area (Å²) in [6.07, 6.45) is 5.06. The molecular formula is C10H13ClN4O. The highest BCUT2D eigenvalue weighted by molar-refractivity contribution is 5.85. The van der Waals surface area contributed by atoms with Crippen LogP contribution in [0.5, 0.6) is 0 Å². The van der Waals surface area contributed by atoms with Crippen molar-refractivity contribution in [2.45, 2.75) is 13.1 Å². The quantitative estimate of drug-likeness (QED) is 0.741. The molecule has 3 N–H and O–H groups in total. The summed E-state index contributed by atoms with van der Waals surface area (Å²) >= 11 is 0. The molecule has 0 unspecified atom stereocenters. The number of halogens is 1. The lowest BCUT2D eigenvalue weighted by atomic mass is 10.2. The van der Waals surface area contributed by atoms with Crippen LogP contribution in [0.15, 0.2) is 35.6 Å². The van der Waals surface area contributed by atoms with Gasteiger partial charge in [0.1, 0.15) is 0 Å². The van der Waals surface area contributed by atoms with Gasteiger partial charge in [0, 0.05) is 37.2 Å². The van der Waals surface area contributed by atoms with Gasteiger partial charge in [-0.05, 0) is 11.6 Å². The van der Waals surface area contributed by atoms with Crippen LogP contribution >= 0.6 is 12.4 Å². The average Bonchev–Trinajstić information content (AvgIpc) is 2.71. The summed E-state index contributed by atoms with van der Waals surface area (Å²) in [7, 11) is 0. The highest BCUT2D eigenvalue weighted by Crippen LogP contribution is 1.94. The zero-order chi connectivity index (χ0) is 10.5. The molecule has 2 rings (SSSR count). The molecule has 0 aromatic carbocycles. The van der Waals surface area contributed by atoms with Crippen molar-refractivity contribution in [3.63, 3.8) is 0 Å². The van der Waals surface area contributed by atoms with E-state index < -0.39 is 0 Å². The summed E-state index contributed by atoms with van der Waals surface area (Å²) in [5, 5.41) is 3.21. The fourth-order valence-corrected chi connectivity index (χ4v) is 1.32. The number of rotatable bonds is 4. The Morgan fingerprint density at radius 3 is 2.88 bits per heavy atom. The van der Waals surface area contributed by atoms with Gasteiger partial charge in [0.25, 0.3) is 0 Å². The number of imidazole rings is 1. The number of aromatic nitrogens is 3. The molecule has 0 aliphatic rings. The Morgan fingerprint density at radius 2 is 2.19 bits per heavy atom. The largest absolute Gasteiger partial charge is 0.347 e. The predicted molar refractivity (Wildman–Crippen MR) is 63.4 cm³/mol. The molecule has 6 heteroatoms. The molecule has 0 spiro atoms. The molecule has 0 radical (unpaired) electrons. The summed E-state index contributed by atoms with van der Waals surface area (Å²) in [4.78, 5) is 20.5. The Bertz CT molecular complexity index is 466. The third kappa shape index (κ3) is 3.52. The molecule has 2 aromatic heterocycles. The Morgan fingerprint density at radius 1 is 1.31 bits per heavy atom. The molecule has 86 valence electrons. The maximum atomic E-state index is 11.0. The first kappa shape index (κ1) is 12.5. The molecule has 0 saturated carbocycles. The number of hydrogen-bond acceptors (Lipinski definition) is 3. The standard InChI is InChI=1S/C10H12N4O.ClH/c15-10-3-8(1-2-13-10)4-11-5-9-6-12-7-14-9;/h1-3,6-7,11H,4-5H2,(H,12,14)(H,13,15);1H. The van der Waals surface area contributed by atoms with E-state index in [1.807, 2.05) is 6.07 Å². The summed E-state index contributed by atoms with van der Waals surface area (Å²) in [6, 6.07) is 3.46. The molecule has 0 saturated heterocycles. The SMILES string of the molecule is Cl.O=c1cc(CNCc2cnc[nH]2)cc[nH]1. The second-order valence-corrected chi connectivity index (χ2v) is 3.24. The highest BCUT2D eigenvalue weighted by Gasteiger charge is 1.95. The van der Waals surface area contributed by atoms with Crippen LogP contribution < -0.4 is 10.9 Å². The second kappa shape index (κ2) is 6.09. The molecular weight excluding hydrogens is 228 g/mol. The minimum atomic E-state index is -0.0733. The maximum Gasteiger partial charge on any atom is 0.248 e. The van der Waals surface area contributed by atoms with Gasteiger partial charge in [-0.2, -0.15) is 0 Å². The van der Waals surface area contributed by atoms with E-state index in [2.05, 4.69) is 20.3 Å². The van der Waals surface area contributed by atoms with Gasteiger partial charge in [-0.3, -0.25) is 4.79 Å². The van der Waals surface area contributed by atoms with Crippen molar-refractivity contribution in [3.8, 4) is 0 Å². The van der Waals surface area contributed by atoms with Crippen molar-refractivity contribution in [1.82, 2.24) is 20.3 Å². The van der Waals surface area contributed by atoms with Crippen LogP contribution in [0.25, 0.3) is 0 Å². The summed E-state index contributed by atoms with van der Waals surface area (Å²) in [6.45, 7) is 1.38. The number of aromatic amines is 2. The Hall–Kier alpha value is -1.59. The zero-order valence-electron chi connectivity index (χ0n) is 8.56. The van der Waals surface area contributed by atoms with Crippen LogP contribution in [0, 0.1) is 0 Å². The Labute approximate surface area is 98.7 Å². The first-order valence-corrected chi connectivity index (χ1v) is 4.70. The zero-order valence-corrected chi connectivity index (χ0v) is 9.38. The summed E-state index contributed by atoms with van der Waals surface area (Å²) in [5.41, 5.74) is 1.92. The van der Waals surface area contributed by atoms with E-state index in [-0.39, 0.29) is 18.0 Å². The van der Waals surface area contributed by atoms with Crippen LogP contribution in [-0.2, 0) is 13.1 Å². The minimum absolute atomic E-state index is 0. The minimum Gasteiger partial charge on any atom is -0.347 e. The van der Waals surface area contributed by atoms with Gasteiger partial charge in [-0.1, -0.05) is 0 Å². The normalized spacial score (nSPS) is 9.75. The van der Waals surface area contributed by atoms with Crippen LogP contribution in [0.2, 0.25) is 0 Å². The lowest BCUT2D eigenvalue weighted by molar-refractivity contribution is 0.681.